The molecule has 6 heteroatoms. The Hall–Kier alpha value is -1.98. The molecule has 2 amide bonds. The quantitative estimate of drug-likeness (QED) is 0.614. The first kappa shape index (κ1) is 9.26. The van der Waals surface area contributed by atoms with Gasteiger partial charge < -0.3 is 0 Å². The van der Waals surface area contributed by atoms with Gasteiger partial charge in [-0.3, -0.25) is 19.5 Å². The maximum absolute atomic E-state index is 11.8. The van der Waals surface area contributed by atoms with Crippen LogP contribution >= 0.6 is 0 Å². The Bertz CT molecular complexity index is 542. The van der Waals surface area contributed by atoms with E-state index in [0.717, 1.165) is 0 Å². The fourth-order valence-electron chi connectivity index (χ4n) is 2.45. The van der Waals surface area contributed by atoms with E-state index < -0.39 is 17.1 Å². The minimum atomic E-state index is -0.885. The number of nitrogens with one attached hydrogen (secondary N) is 1. The van der Waals surface area contributed by atoms with Crippen LogP contribution in [0.3, 0.4) is 0 Å². The van der Waals surface area contributed by atoms with Gasteiger partial charge in [-0.05, 0) is 18.9 Å². The highest BCUT2D eigenvalue weighted by Gasteiger charge is 2.59. The second-order valence-corrected chi connectivity index (χ2v) is 4.23. The standard InChI is InChI=1S/C10H9N3O3/c14-7-6-4-10(5-6,8(15)12-7)13-3-1-2-11-9(13)16/h1-3,6H,4-5H2,(H,12,14,15). The number of fused-ring (bicyclic) bond motifs is 2. The van der Waals surface area contributed by atoms with Gasteiger partial charge in [0.05, 0.1) is 0 Å². The molecule has 1 saturated carbocycles. The number of carbonyl (C=O) groups excluding carboxylic acids is 2. The van der Waals surface area contributed by atoms with E-state index in [1.165, 1.54) is 10.8 Å². The molecule has 3 fully saturated rings. The highest BCUT2D eigenvalue weighted by atomic mass is 16.2. The van der Waals surface area contributed by atoms with Gasteiger partial charge in [-0.25, -0.2) is 9.78 Å². The van der Waals surface area contributed by atoms with Crippen molar-refractivity contribution in [3.8, 4) is 0 Å². The number of hydrogen-bond acceptors (Lipinski definition) is 4. The Labute approximate surface area is 90.3 Å². The Morgan fingerprint density at radius 3 is 2.75 bits per heavy atom. The largest absolute Gasteiger partial charge is 0.348 e. The van der Waals surface area contributed by atoms with Crippen molar-refractivity contribution in [2.24, 2.45) is 5.92 Å². The number of nitrogens with zero attached hydrogens (tertiary/aromatic N) is 2. The molecule has 4 rings (SSSR count). The van der Waals surface area contributed by atoms with Crippen LogP contribution in [0.5, 0.6) is 0 Å². The van der Waals surface area contributed by atoms with Crippen LogP contribution in [-0.4, -0.2) is 21.4 Å². The van der Waals surface area contributed by atoms with Crippen LogP contribution in [0.25, 0.3) is 0 Å². The average Bonchev–Trinajstić information content (AvgIpc) is 2.17. The van der Waals surface area contributed by atoms with E-state index in [9.17, 15) is 14.4 Å². The van der Waals surface area contributed by atoms with E-state index >= 15 is 0 Å². The summed E-state index contributed by atoms with van der Waals surface area (Å²) >= 11 is 0. The number of amides is 2. The fraction of sp³-hybridized carbons (Fsp3) is 0.400. The van der Waals surface area contributed by atoms with Crippen molar-refractivity contribution in [1.82, 2.24) is 14.9 Å². The molecule has 2 aliphatic heterocycles. The summed E-state index contributed by atoms with van der Waals surface area (Å²) in [7, 11) is 0. The van der Waals surface area contributed by atoms with Crippen molar-refractivity contribution in [2.45, 2.75) is 18.4 Å². The molecule has 1 aromatic heterocycles. The fourth-order valence-corrected chi connectivity index (χ4v) is 2.45. The molecule has 82 valence electrons. The van der Waals surface area contributed by atoms with E-state index in [1.54, 1.807) is 12.3 Å². The first-order valence-corrected chi connectivity index (χ1v) is 5.03. The van der Waals surface area contributed by atoms with Crippen LogP contribution < -0.4 is 11.0 Å². The molecule has 0 unspecified atom stereocenters. The van der Waals surface area contributed by atoms with Crippen LogP contribution in [0.1, 0.15) is 12.8 Å². The lowest BCUT2D eigenvalue weighted by Crippen LogP contribution is -2.68. The van der Waals surface area contributed by atoms with Gasteiger partial charge in [-0.15, -0.1) is 0 Å². The van der Waals surface area contributed by atoms with Crippen LogP contribution in [0.4, 0.5) is 0 Å². The van der Waals surface area contributed by atoms with Gasteiger partial charge in [-0.1, -0.05) is 0 Å². The molecular weight excluding hydrogens is 210 g/mol. The van der Waals surface area contributed by atoms with Crippen LogP contribution in [0, 0.1) is 5.92 Å². The number of aromatic nitrogens is 2. The minimum absolute atomic E-state index is 0.148. The summed E-state index contributed by atoms with van der Waals surface area (Å²) in [6.07, 6.45) is 3.74. The molecule has 16 heavy (non-hydrogen) atoms. The predicted octanol–water partition coefficient (Wildman–Crippen LogP) is -0.995. The molecule has 3 heterocycles. The molecule has 3 aliphatic rings. The smallest absolute Gasteiger partial charge is 0.294 e. The number of hydrogen-bond donors (Lipinski definition) is 1. The van der Waals surface area contributed by atoms with E-state index in [2.05, 4.69) is 10.3 Å². The zero-order valence-electron chi connectivity index (χ0n) is 8.34. The molecular formula is C10H9N3O3. The molecule has 2 bridgehead atoms. The predicted molar refractivity (Wildman–Crippen MR) is 52.3 cm³/mol. The van der Waals surface area contributed by atoms with Crippen molar-refractivity contribution in [3.63, 3.8) is 0 Å². The second kappa shape index (κ2) is 2.78. The third-order valence-corrected chi connectivity index (χ3v) is 3.37. The van der Waals surface area contributed by atoms with Gasteiger partial charge in [-0.2, -0.15) is 0 Å². The van der Waals surface area contributed by atoms with E-state index in [-0.39, 0.29) is 11.8 Å². The Kier molecular flexibility index (Phi) is 1.61. The summed E-state index contributed by atoms with van der Waals surface area (Å²) in [5.74, 6) is -0.774. The number of imide groups is 1. The molecule has 1 aliphatic carbocycles. The molecule has 1 N–H and O–H groups in total. The van der Waals surface area contributed by atoms with Crippen molar-refractivity contribution >= 4 is 11.8 Å². The molecule has 2 saturated heterocycles. The lowest BCUT2D eigenvalue weighted by atomic mass is 9.64. The summed E-state index contributed by atoms with van der Waals surface area (Å²) in [6.45, 7) is 0. The van der Waals surface area contributed by atoms with Gasteiger partial charge in [0.1, 0.15) is 5.54 Å². The molecule has 0 spiro atoms. The lowest BCUT2D eigenvalue weighted by Gasteiger charge is -2.49. The van der Waals surface area contributed by atoms with Gasteiger partial charge in [0.25, 0.3) is 5.91 Å². The van der Waals surface area contributed by atoms with Gasteiger partial charge >= 0.3 is 5.69 Å². The highest BCUT2D eigenvalue weighted by molar-refractivity contribution is 6.05. The third-order valence-electron chi connectivity index (χ3n) is 3.37. The molecule has 0 radical (unpaired) electrons. The Morgan fingerprint density at radius 1 is 1.38 bits per heavy atom. The molecule has 0 aromatic carbocycles. The maximum Gasteiger partial charge on any atom is 0.348 e. The summed E-state index contributed by atoms with van der Waals surface area (Å²) in [5, 5.41) is 2.28. The first-order valence-electron chi connectivity index (χ1n) is 5.03. The first-order chi connectivity index (χ1) is 7.63. The van der Waals surface area contributed by atoms with Crippen LogP contribution in [0.2, 0.25) is 0 Å². The van der Waals surface area contributed by atoms with E-state index in [1.807, 2.05) is 0 Å². The topological polar surface area (TPSA) is 81.1 Å². The second-order valence-electron chi connectivity index (χ2n) is 4.23. The van der Waals surface area contributed by atoms with Crippen molar-refractivity contribution in [1.29, 1.82) is 0 Å². The normalized spacial score (nSPS) is 31.9. The summed E-state index contributed by atoms with van der Waals surface area (Å²) < 4.78 is 1.32. The molecule has 6 nitrogen and oxygen atoms in total. The Balaban J connectivity index is 2.09. The van der Waals surface area contributed by atoms with Gasteiger partial charge in [0.15, 0.2) is 0 Å². The SMILES string of the molecule is O=C1NC(=O)C2(n3cccnc3=O)CC1C2. The number of carbonyl (C=O) groups is 2. The minimum Gasteiger partial charge on any atom is -0.294 e. The average molecular weight is 219 g/mol. The van der Waals surface area contributed by atoms with E-state index in [4.69, 9.17) is 0 Å². The zero-order chi connectivity index (χ0) is 11.3. The Morgan fingerprint density at radius 2 is 2.12 bits per heavy atom. The highest BCUT2D eigenvalue weighted by Crippen LogP contribution is 2.46. The third kappa shape index (κ3) is 0.959. The van der Waals surface area contributed by atoms with Crippen LogP contribution in [0.15, 0.2) is 23.3 Å². The lowest BCUT2D eigenvalue weighted by molar-refractivity contribution is -0.157. The number of piperidine rings is 2. The molecule has 0 atom stereocenters. The summed E-state index contributed by atoms with van der Waals surface area (Å²) in [5.41, 5.74) is -1.34. The summed E-state index contributed by atoms with van der Waals surface area (Å²) in [6, 6.07) is 1.60. The maximum atomic E-state index is 11.8. The monoisotopic (exact) mass is 219 g/mol. The van der Waals surface area contributed by atoms with E-state index in [0.29, 0.717) is 12.8 Å². The summed E-state index contributed by atoms with van der Waals surface area (Å²) in [4.78, 5) is 38.2. The van der Waals surface area contributed by atoms with Crippen molar-refractivity contribution in [3.05, 3.63) is 28.9 Å². The van der Waals surface area contributed by atoms with Crippen LogP contribution in [-0.2, 0) is 15.1 Å². The van der Waals surface area contributed by atoms with Crippen molar-refractivity contribution in [2.75, 3.05) is 0 Å². The number of rotatable bonds is 1. The van der Waals surface area contributed by atoms with Gasteiger partial charge in [0.2, 0.25) is 5.91 Å². The van der Waals surface area contributed by atoms with Crippen molar-refractivity contribution < 1.29 is 9.59 Å². The van der Waals surface area contributed by atoms with Gasteiger partial charge in [0, 0.05) is 18.3 Å². The zero-order valence-corrected chi connectivity index (χ0v) is 8.34. The molecule has 1 aromatic rings.